The molecule has 1 fully saturated rings. The first kappa shape index (κ1) is 29.0. The number of aldehydes is 1. The van der Waals surface area contributed by atoms with E-state index < -0.39 is 27.6 Å². The highest BCUT2D eigenvalue weighted by molar-refractivity contribution is 7.89. The number of nitrogens with zero attached hydrogens (tertiary/aromatic N) is 1. The van der Waals surface area contributed by atoms with E-state index in [0.29, 0.717) is 21.1 Å². The zero-order chi connectivity index (χ0) is 30.1. The van der Waals surface area contributed by atoms with Gasteiger partial charge in [0.15, 0.2) is 11.9 Å². The van der Waals surface area contributed by atoms with Crippen molar-refractivity contribution >= 4 is 39.1 Å². The molecule has 10 nitrogen and oxygen atoms in total. The van der Waals surface area contributed by atoms with Crippen LogP contribution in [-0.4, -0.2) is 49.1 Å². The number of hydrogen-bond acceptors (Lipinski definition) is 8. The number of fused-ring (bicyclic) bond motifs is 1. The quantitative estimate of drug-likeness (QED) is 0.166. The Hall–Kier alpha value is -4.48. The lowest BCUT2D eigenvalue weighted by Crippen LogP contribution is -2.59. The summed E-state index contributed by atoms with van der Waals surface area (Å²) in [5, 5.41) is 0.286. The first-order chi connectivity index (χ1) is 20.1. The Bertz CT molecular complexity index is 1780. The zero-order valence-corrected chi connectivity index (χ0v) is 24.0. The molecule has 1 amide bonds. The van der Waals surface area contributed by atoms with E-state index in [9.17, 15) is 22.8 Å². The van der Waals surface area contributed by atoms with Crippen LogP contribution in [0.4, 0.5) is 0 Å². The van der Waals surface area contributed by atoms with Gasteiger partial charge in [0.05, 0.1) is 17.6 Å². The molecule has 218 valence electrons. The minimum atomic E-state index is -4.72. The Morgan fingerprint density at radius 2 is 1.76 bits per heavy atom. The minimum absolute atomic E-state index is 0.0172. The van der Waals surface area contributed by atoms with Crippen molar-refractivity contribution in [3.8, 4) is 5.75 Å². The number of hydrogen-bond donors (Lipinski definition) is 2. The summed E-state index contributed by atoms with van der Waals surface area (Å²) in [7, 11) is -3.32. The largest absolute Gasteiger partial charge is 0.497 e. The number of carbonyl (C=O) groups excluding carboxylic acids is 3. The summed E-state index contributed by atoms with van der Waals surface area (Å²) in [5.41, 5.74) is 5.13. The van der Waals surface area contributed by atoms with E-state index in [4.69, 9.17) is 15.2 Å². The molecule has 0 radical (unpaired) electrons. The summed E-state index contributed by atoms with van der Waals surface area (Å²) in [6.07, 6.45) is 4.97. The molecule has 11 heteroatoms. The van der Waals surface area contributed by atoms with Crippen molar-refractivity contribution < 1.29 is 32.3 Å². The van der Waals surface area contributed by atoms with Gasteiger partial charge in [0, 0.05) is 28.2 Å². The minimum Gasteiger partial charge on any atom is -0.497 e. The number of benzene rings is 3. The molecular weight excluding hydrogens is 558 g/mol. The van der Waals surface area contributed by atoms with Crippen LogP contribution in [0.2, 0.25) is 0 Å². The number of amides is 1. The molecule has 0 saturated heterocycles. The number of sulfonamides is 1. The summed E-state index contributed by atoms with van der Waals surface area (Å²) in [4.78, 5) is 42.8. The topological polar surface area (TPSA) is 149 Å². The molecule has 0 aliphatic heterocycles. The molecule has 1 saturated carbocycles. The standard InChI is InChI=1S/C31H31N3O7S/c1-20-8-3-6-13-28(20)42(38,39)34(29(36)21-9-7-12-24(16-21)40-2)31(32,19-35)26-18-33-27-15-14-22(17-25(26)27)30(37)41-23-10-4-5-11-23/h3,6-9,12-19,23,33H,4-5,10-11,32H2,1-2H3. The SMILES string of the molecule is COc1cccc(C(=O)N(C(N)(C=O)c2c[nH]c3ccc(C(=O)OC4CCCC4)cc23)S(=O)(=O)c2ccccc2C)c1. The summed E-state index contributed by atoms with van der Waals surface area (Å²) in [5.74, 6) is -1.28. The van der Waals surface area contributed by atoms with E-state index in [1.54, 1.807) is 37.3 Å². The van der Waals surface area contributed by atoms with E-state index >= 15 is 0 Å². The Kier molecular flexibility index (Phi) is 7.89. The van der Waals surface area contributed by atoms with E-state index in [0.717, 1.165) is 25.7 Å². The molecule has 3 N–H and O–H groups in total. The molecular formula is C31H31N3O7S. The fourth-order valence-corrected chi connectivity index (χ4v) is 7.10. The number of aryl methyl sites for hydroxylation is 1. The highest BCUT2D eigenvalue weighted by Gasteiger charge is 2.48. The Morgan fingerprint density at radius 3 is 2.45 bits per heavy atom. The Morgan fingerprint density at radius 1 is 1.02 bits per heavy atom. The average molecular weight is 590 g/mol. The maximum absolute atomic E-state index is 14.3. The number of carbonyl (C=O) groups is 3. The highest BCUT2D eigenvalue weighted by Crippen LogP contribution is 2.36. The van der Waals surface area contributed by atoms with Crippen molar-refractivity contribution in [2.24, 2.45) is 5.73 Å². The van der Waals surface area contributed by atoms with Gasteiger partial charge >= 0.3 is 5.97 Å². The number of ether oxygens (including phenoxy) is 2. The molecule has 1 unspecified atom stereocenters. The van der Waals surface area contributed by atoms with Crippen molar-refractivity contribution in [3.05, 3.63) is 95.2 Å². The molecule has 5 rings (SSSR count). The average Bonchev–Trinajstić information content (AvgIpc) is 3.67. The van der Waals surface area contributed by atoms with Crippen LogP contribution in [0.1, 0.15) is 57.5 Å². The van der Waals surface area contributed by atoms with E-state index in [-0.39, 0.29) is 39.4 Å². The Balaban J connectivity index is 1.68. The summed E-state index contributed by atoms with van der Waals surface area (Å²) >= 11 is 0. The van der Waals surface area contributed by atoms with Crippen LogP contribution >= 0.6 is 0 Å². The third kappa shape index (κ3) is 5.17. The maximum Gasteiger partial charge on any atom is 0.338 e. The van der Waals surface area contributed by atoms with Crippen LogP contribution < -0.4 is 10.5 Å². The normalized spacial score (nSPS) is 15.2. The number of esters is 1. The molecule has 1 atom stereocenters. The van der Waals surface area contributed by atoms with E-state index in [1.165, 1.54) is 49.7 Å². The number of rotatable bonds is 9. The van der Waals surface area contributed by atoms with Crippen molar-refractivity contribution in [1.82, 2.24) is 9.29 Å². The van der Waals surface area contributed by atoms with Crippen LogP contribution in [0.5, 0.6) is 5.75 Å². The smallest absolute Gasteiger partial charge is 0.338 e. The number of nitrogens with two attached hydrogens (primary N) is 1. The van der Waals surface area contributed by atoms with Crippen LogP contribution in [0.3, 0.4) is 0 Å². The lowest BCUT2D eigenvalue weighted by atomic mass is 9.98. The van der Waals surface area contributed by atoms with Crippen molar-refractivity contribution in [2.75, 3.05) is 7.11 Å². The monoisotopic (exact) mass is 589 g/mol. The summed E-state index contributed by atoms with van der Waals surface area (Å²) in [6, 6.07) is 16.6. The third-order valence-corrected chi connectivity index (χ3v) is 9.52. The molecule has 42 heavy (non-hydrogen) atoms. The fraction of sp³-hybridized carbons (Fsp3) is 0.258. The first-order valence-corrected chi connectivity index (χ1v) is 14.9. The van der Waals surface area contributed by atoms with Gasteiger partial charge in [0.25, 0.3) is 15.9 Å². The zero-order valence-electron chi connectivity index (χ0n) is 23.2. The van der Waals surface area contributed by atoms with Crippen LogP contribution in [-0.2, 0) is 25.2 Å². The van der Waals surface area contributed by atoms with Crippen molar-refractivity contribution in [1.29, 1.82) is 0 Å². The van der Waals surface area contributed by atoms with Crippen molar-refractivity contribution in [3.63, 3.8) is 0 Å². The van der Waals surface area contributed by atoms with E-state index in [2.05, 4.69) is 4.98 Å². The Labute approximate surface area is 243 Å². The van der Waals surface area contributed by atoms with Crippen LogP contribution in [0.25, 0.3) is 10.9 Å². The second-order valence-corrected chi connectivity index (χ2v) is 12.0. The van der Waals surface area contributed by atoms with Gasteiger partial charge in [-0.1, -0.05) is 24.3 Å². The molecule has 1 aromatic heterocycles. The summed E-state index contributed by atoms with van der Waals surface area (Å²) < 4.78 is 39.8. The number of methoxy groups -OCH3 is 1. The predicted octanol–water partition coefficient (Wildman–Crippen LogP) is 4.43. The van der Waals surface area contributed by atoms with Crippen LogP contribution in [0, 0.1) is 6.92 Å². The molecule has 3 aromatic carbocycles. The lowest BCUT2D eigenvalue weighted by molar-refractivity contribution is -0.115. The molecule has 1 aliphatic carbocycles. The van der Waals surface area contributed by atoms with Gasteiger partial charge < -0.3 is 14.5 Å². The highest BCUT2D eigenvalue weighted by atomic mass is 32.2. The first-order valence-electron chi connectivity index (χ1n) is 13.5. The van der Waals surface area contributed by atoms with Gasteiger partial charge in [-0.2, -0.15) is 0 Å². The molecule has 4 aromatic rings. The molecule has 1 aliphatic rings. The summed E-state index contributed by atoms with van der Waals surface area (Å²) in [6.45, 7) is 1.58. The van der Waals surface area contributed by atoms with Gasteiger partial charge in [-0.05, 0) is 80.6 Å². The van der Waals surface area contributed by atoms with E-state index in [1.807, 2.05) is 0 Å². The molecule has 0 spiro atoms. The number of nitrogens with one attached hydrogen (secondary N) is 1. The predicted molar refractivity (Wildman–Crippen MR) is 155 cm³/mol. The second-order valence-electron chi connectivity index (χ2n) is 10.3. The number of aromatic amines is 1. The number of H-pyrrole nitrogens is 1. The van der Waals surface area contributed by atoms with Gasteiger partial charge in [-0.25, -0.2) is 17.5 Å². The fourth-order valence-electron chi connectivity index (χ4n) is 5.32. The second kappa shape index (κ2) is 11.4. The molecule has 0 bridgehead atoms. The van der Waals surface area contributed by atoms with Gasteiger partial charge in [-0.3, -0.25) is 15.3 Å². The number of aromatic nitrogens is 1. The van der Waals surface area contributed by atoms with Gasteiger partial charge in [0.2, 0.25) is 0 Å². The third-order valence-electron chi connectivity index (χ3n) is 7.55. The van der Waals surface area contributed by atoms with Gasteiger partial charge in [0.1, 0.15) is 11.9 Å². The molecule has 1 heterocycles. The van der Waals surface area contributed by atoms with Crippen molar-refractivity contribution in [2.45, 2.75) is 49.3 Å². The van der Waals surface area contributed by atoms with Gasteiger partial charge in [-0.15, -0.1) is 0 Å². The lowest BCUT2D eigenvalue weighted by Gasteiger charge is -2.36. The van der Waals surface area contributed by atoms with Crippen LogP contribution in [0.15, 0.2) is 77.8 Å². The maximum atomic E-state index is 14.3.